The second-order valence-electron chi connectivity index (χ2n) is 4.97. The number of amides is 1. The normalized spacial score (nSPS) is 19.9. The van der Waals surface area contributed by atoms with E-state index in [1.54, 1.807) is 0 Å². The molecule has 3 rings (SSSR count). The molecule has 3 heterocycles. The van der Waals surface area contributed by atoms with Crippen molar-refractivity contribution in [2.75, 3.05) is 6.54 Å². The number of carbonyl (C=O) groups is 1. The Labute approximate surface area is 121 Å². The van der Waals surface area contributed by atoms with Gasteiger partial charge in [0, 0.05) is 11.9 Å². The van der Waals surface area contributed by atoms with Gasteiger partial charge in [-0.05, 0) is 31.3 Å². The zero-order valence-corrected chi connectivity index (χ0v) is 12.1. The van der Waals surface area contributed by atoms with Crippen molar-refractivity contribution < 1.29 is 9.32 Å². The molecule has 1 aliphatic rings. The molecule has 2 aromatic rings. The highest BCUT2D eigenvalue weighted by molar-refractivity contribution is 7.03. The Morgan fingerprint density at radius 3 is 3.05 bits per heavy atom. The molecule has 1 amide bonds. The lowest BCUT2D eigenvalue weighted by Gasteiger charge is -2.27. The molecule has 0 radical (unpaired) electrons. The molecule has 0 aromatic carbocycles. The van der Waals surface area contributed by atoms with Gasteiger partial charge in [0.1, 0.15) is 0 Å². The fourth-order valence-corrected chi connectivity index (χ4v) is 3.28. The summed E-state index contributed by atoms with van der Waals surface area (Å²) in [5.41, 5.74) is 1.47. The average molecular weight is 292 g/mol. The van der Waals surface area contributed by atoms with Gasteiger partial charge in [-0.15, -0.1) is 0 Å². The number of hydrogen-bond acceptors (Lipinski definition) is 6. The monoisotopic (exact) mass is 292 g/mol. The topological polar surface area (TPSA) is 72.1 Å². The third kappa shape index (κ3) is 2.45. The quantitative estimate of drug-likeness (QED) is 0.850. The van der Waals surface area contributed by atoms with Crippen molar-refractivity contribution in [1.82, 2.24) is 19.4 Å². The van der Waals surface area contributed by atoms with Gasteiger partial charge in [-0.3, -0.25) is 4.79 Å². The summed E-state index contributed by atoms with van der Waals surface area (Å²) in [6.45, 7) is 2.60. The number of hydrogen-bond donors (Lipinski definition) is 0. The lowest BCUT2D eigenvalue weighted by Crippen LogP contribution is -2.35. The number of aryl methyl sites for hydroxylation is 1. The average Bonchev–Trinajstić information content (AvgIpc) is 3.05. The van der Waals surface area contributed by atoms with Gasteiger partial charge < -0.3 is 9.42 Å². The highest BCUT2D eigenvalue weighted by Gasteiger charge is 2.31. The minimum atomic E-state index is -0.0944. The number of aromatic nitrogens is 3. The summed E-state index contributed by atoms with van der Waals surface area (Å²) in [5, 5.41) is 5.74. The Hall–Kier alpha value is -1.76. The molecular formula is C13H16N4O2S. The molecule has 0 N–H and O–H groups in total. The van der Waals surface area contributed by atoms with Gasteiger partial charge >= 0.3 is 0 Å². The molecule has 1 saturated heterocycles. The maximum absolute atomic E-state index is 12.7. The standard InChI is InChI=1S/C13H16N4O2S/c1-9-10(7-20-16-9)13(18)17-6-4-2-3-5-11(17)12-14-8-19-15-12/h7-8,11H,2-6H2,1H3/t11-/m0/s1. The molecule has 1 aliphatic heterocycles. The molecule has 2 aromatic heterocycles. The van der Waals surface area contributed by atoms with Crippen LogP contribution in [0.5, 0.6) is 0 Å². The van der Waals surface area contributed by atoms with E-state index in [-0.39, 0.29) is 11.9 Å². The first-order valence-corrected chi connectivity index (χ1v) is 7.59. The second kappa shape index (κ2) is 5.70. The molecule has 0 bridgehead atoms. The molecule has 0 spiro atoms. The van der Waals surface area contributed by atoms with Crippen molar-refractivity contribution in [1.29, 1.82) is 0 Å². The Kier molecular flexibility index (Phi) is 3.77. The van der Waals surface area contributed by atoms with Gasteiger partial charge in [0.25, 0.3) is 5.91 Å². The fraction of sp³-hybridized carbons (Fsp3) is 0.538. The van der Waals surface area contributed by atoms with Crippen LogP contribution in [0.4, 0.5) is 0 Å². The lowest BCUT2D eigenvalue weighted by molar-refractivity contribution is 0.0670. The van der Waals surface area contributed by atoms with Gasteiger partial charge in [0.15, 0.2) is 5.82 Å². The van der Waals surface area contributed by atoms with Gasteiger partial charge in [0.05, 0.1) is 17.3 Å². The van der Waals surface area contributed by atoms with E-state index in [9.17, 15) is 4.79 Å². The SMILES string of the molecule is Cc1nscc1C(=O)N1CCCCC[C@H]1c1ncon1. The number of likely N-dealkylation sites (tertiary alicyclic amines) is 1. The summed E-state index contributed by atoms with van der Waals surface area (Å²) in [6.07, 6.45) is 5.40. The van der Waals surface area contributed by atoms with Gasteiger partial charge in [0.2, 0.25) is 6.39 Å². The Morgan fingerprint density at radius 1 is 1.45 bits per heavy atom. The maximum Gasteiger partial charge on any atom is 0.257 e. The zero-order chi connectivity index (χ0) is 13.9. The maximum atomic E-state index is 12.7. The Morgan fingerprint density at radius 2 is 2.35 bits per heavy atom. The first-order valence-electron chi connectivity index (χ1n) is 6.75. The van der Waals surface area contributed by atoms with Crippen LogP contribution in [-0.4, -0.2) is 31.9 Å². The number of nitrogens with zero attached hydrogens (tertiary/aromatic N) is 4. The van der Waals surface area contributed by atoms with Gasteiger partial charge in [-0.25, -0.2) is 0 Å². The van der Waals surface area contributed by atoms with E-state index < -0.39 is 0 Å². The predicted octanol–water partition coefficient (Wildman–Crippen LogP) is 2.59. The van der Waals surface area contributed by atoms with Crippen molar-refractivity contribution in [3.05, 3.63) is 28.9 Å². The van der Waals surface area contributed by atoms with Crippen LogP contribution >= 0.6 is 11.5 Å². The van der Waals surface area contributed by atoms with Crippen molar-refractivity contribution in [2.24, 2.45) is 0 Å². The molecule has 7 heteroatoms. The Balaban J connectivity index is 1.91. The van der Waals surface area contributed by atoms with Gasteiger partial charge in [-0.2, -0.15) is 9.36 Å². The second-order valence-corrected chi connectivity index (χ2v) is 5.60. The molecule has 1 fully saturated rings. The van der Waals surface area contributed by atoms with Gasteiger partial charge in [-0.1, -0.05) is 18.0 Å². The van der Waals surface area contributed by atoms with Crippen LogP contribution in [0, 0.1) is 6.92 Å². The van der Waals surface area contributed by atoms with Crippen molar-refractivity contribution >= 4 is 17.4 Å². The first kappa shape index (κ1) is 13.2. The van der Waals surface area contributed by atoms with Crippen molar-refractivity contribution in [3.8, 4) is 0 Å². The van der Waals surface area contributed by atoms with Crippen molar-refractivity contribution in [2.45, 2.75) is 38.6 Å². The van der Waals surface area contributed by atoms with E-state index in [4.69, 9.17) is 4.52 Å². The summed E-state index contributed by atoms with van der Waals surface area (Å²) in [5.74, 6) is 0.619. The lowest BCUT2D eigenvalue weighted by atomic mass is 10.1. The minimum absolute atomic E-state index is 0.0213. The highest BCUT2D eigenvalue weighted by Crippen LogP contribution is 2.30. The molecular weight excluding hydrogens is 276 g/mol. The third-order valence-corrected chi connectivity index (χ3v) is 4.39. The molecule has 106 valence electrons. The van der Waals surface area contributed by atoms with Crippen LogP contribution in [-0.2, 0) is 0 Å². The number of carbonyl (C=O) groups excluding carboxylic acids is 1. The molecule has 0 unspecified atom stereocenters. The molecule has 0 saturated carbocycles. The molecule has 1 atom stereocenters. The predicted molar refractivity (Wildman–Crippen MR) is 73.4 cm³/mol. The van der Waals surface area contributed by atoms with Crippen LogP contribution in [0.15, 0.2) is 16.3 Å². The van der Waals surface area contributed by atoms with Crippen molar-refractivity contribution in [3.63, 3.8) is 0 Å². The third-order valence-electron chi connectivity index (χ3n) is 3.67. The molecule has 6 nitrogen and oxygen atoms in total. The van der Waals surface area contributed by atoms with Crippen LogP contribution in [0.2, 0.25) is 0 Å². The summed E-state index contributed by atoms with van der Waals surface area (Å²) < 4.78 is 9.03. The smallest absolute Gasteiger partial charge is 0.257 e. The summed E-state index contributed by atoms with van der Waals surface area (Å²) >= 11 is 1.32. The van der Waals surface area contributed by atoms with E-state index >= 15 is 0 Å². The molecule has 20 heavy (non-hydrogen) atoms. The summed E-state index contributed by atoms with van der Waals surface area (Å²) in [7, 11) is 0. The largest absolute Gasteiger partial charge is 0.343 e. The van der Waals surface area contributed by atoms with Crippen LogP contribution < -0.4 is 0 Å². The summed E-state index contributed by atoms with van der Waals surface area (Å²) in [6, 6.07) is -0.0944. The van der Waals surface area contributed by atoms with E-state index in [0.29, 0.717) is 11.4 Å². The Bertz CT molecular complexity index is 581. The van der Waals surface area contributed by atoms with Crippen LogP contribution in [0.25, 0.3) is 0 Å². The fourth-order valence-electron chi connectivity index (χ4n) is 2.60. The zero-order valence-electron chi connectivity index (χ0n) is 11.3. The van der Waals surface area contributed by atoms with E-state index in [2.05, 4.69) is 14.5 Å². The highest BCUT2D eigenvalue weighted by atomic mass is 32.1. The van der Waals surface area contributed by atoms with E-state index in [1.165, 1.54) is 17.9 Å². The van der Waals surface area contributed by atoms with Crippen LogP contribution in [0.1, 0.15) is 53.6 Å². The van der Waals surface area contributed by atoms with E-state index in [0.717, 1.165) is 37.9 Å². The van der Waals surface area contributed by atoms with Crippen LogP contribution in [0.3, 0.4) is 0 Å². The number of rotatable bonds is 2. The first-order chi connectivity index (χ1) is 9.77. The minimum Gasteiger partial charge on any atom is -0.343 e. The molecule has 0 aliphatic carbocycles. The summed E-state index contributed by atoms with van der Waals surface area (Å²) in [4.78, 5) is 18.7. The van der Waals surface area contributed by atoms with E-state index in [1.807, 2.05) is 17.2 Å².